The summed E-state index contributed by atoms with van der Waals surface area (Å²) in [5, 5.41) is 2.89. The molecule has 1 amide bonds. The first-order valence-electron chi connectivity index (χ1n) is 9.13. The SMILES string of the molecule is Cc1ccc(C)c(OCC(=O)OC(C)C(=O)NCC2CCCCC2)c1. The van der Waals surface area contributed by atoms with Gasteiger partial charge in [-0.2, -0.15) is 0 Å². The summed E-state index contributed by atoms with van der Waals surface area (Å²) >= 11 is 0. The summed E-state index contributed by atoms with van der Waals surface area (Å²) in [7, 11) is 0. The second-order valence-electron chi connectivity index (χ2n) is 6.94. The van der Waals surface area contributed by atoms with Crippen molar-refractivity contribution in [3.05, 3.63) is 29.3 Å². The van der Waals surface area contributed by atoms with E-state index in [1.807, 2.05) is 32.0 Å². The fourth-order valence-electron chi connectivity index (χ4n) is 3.06. The van der Waals surface area contributed by atoms with E-state index in [4.69, 9.17) is 9.47 Å². The van der Waals surface area contributed by atoms with E-state index in [0.29, 0.717) is 18.2 Å². The van der Waals surface area contributed by atoms with E-state index in [0.717, 1.165) is 24.0 Å². The highest BCUT2D eigenvalue weighted by atomic mass is 16.6. The summed E-state index contributed by atoms with van der Waals surface area (Å²) in [6.07, 6.45) is 5.29. The van der Waals surface area contributed by atoms with Crippen LogP contribution in [0.5, 0.6) is 5.75 Å². The molecule has 1 aliphatic rings. The molecule has 0 radical (unpaired) electrons. The molecule has 1 unspecified atom stereocenters. The molecule has 1 saturated carbocycles. The first kappa shape index (κ1) is 19.3. The first-order valence-corrected chi connectivity index (χ1v) is 9.13. The Labute approximate surface area is 150 Å². The van der Waals surface area contributed by atoms with E-state index >= 15 is 0 Å². The van der Waals surface area contributed by atoms with E-state index < -0.39 is 12.1 Å². The van der Waals surface area contributed by atoms with Crippen LogP contribution in [0.1, 0.15) is 50.2 Å². The van der Waals surface area contributed by atoms with Crippen LogP contribution in [0.4, 0.5) is 0 Å². The lowest BCUT2D eigenvalue weighted by Gasteiger charge is -2.22. The zero-order valence-electron chi connectivity index (χ0n) is 15.5. The molecule has 25 heavy (non-hydrogen) atoms. The van der Waals surface area contributed by atoms with Gasteiger partial charge >= 0.3 is 5.97 Å². The zero-order valence-corrected chi connectivity index (χ0v) is 15.5. The van der Waals surface area contributed by atoms with Crippen LogP contribution in [0, 0.1) is 19.8 Å². The second-order valence-corrected chi connectivity index (χ2v) is 6.94. The third kappa shape index (κ3) is 6.40. The zero-order chi connectivity index (χ0) is 18.2. The highest BCUT2D eigenvalue weighted by Crippen LogP contribution is 2.22. The van der Waals surface area contributed by atoms with Crippen LogP contribution >= 0.6 is 0 Å². The maximum atomic E-state index is 12.1. The topological polar surface area (TPSA) is 64.6 Å². The van der Waals surface area contributed by atoms with Crippen LogP contribution in [-0.4, -0.2) is 31.1 Å². The lowest BCUT2D eigenvalue weighted by Crippen LogP contribution is -2.39. The molecule has 1 aromatic carbocycles. The highest BCUT2D eigenvalue weighted by molar-refractivity contribution is 5.83. The van der Waals surface area contributed by atoms with Crippen molar-refractivity contribution in [1.82, 2.24) is 5.32 Å². The van der Waals surface area contributed by atoms with Crippen molar-refractivity contribution in [3.63, 3.8) is 0 Å². The number of amides is 1. The van der Waals surface area contributed by atoms with Gasteiger partial charge in [0.15, 0.2) is 12.7 Å². The Balaban J connectivity index is 1.71. The van der Waals surface area contributed by atoms with Gasteiger partial charge in [-0.3, -0.25) is 4.79 Å². The van der Waals surface area contributed by atoms with Gasteiger partial charge < -0.3 is 14.8 Å². The predicted octanol–water partition coefficient (Wildman–Crippen LogP) is 3.31. The van der Waals surface area contributed by atoms with E-state index in [1.165, 1.54) is 19.3 Å². The van der Waals surface area contributed by atoms with E-state index in [9.17, 15) is 9.59 Å². The number of aryl methyl sites for hydroxylation is 2. The molecule has 5 nitrogen and oxygen atoms in total. The molecule has 1 N–H and O–H groups in total. The van der Waals surface area contributed by atoms with Crippen molar-refractivity contribution in [2.24, 2.45) is 5.92 Å². The van der Waals surface area contributed by atoms with E-state index in [2.05, 4.69) is 5.32 Å². The van der Waals surface area contributed by atoms with Gasteiger partial charge in [0.1, 0.15) is 5.75 Å². The van der Waals surface area contributed by atoms with Crippen molar-refractivity contribution in [2.75, 3.05) is 13.2 Å². The number of carbonyl (C=O) groups excluding carboxylic acids is 2. The minimum atomic E-state index is -0.807. The number of benzene rings is 1. The van der Waals surface area contributed by atoms with Crippen molar-refractivity contribution >= 4 is 11.9 Å². The molecule has 0 spiro atoms. The average molecular weight is 347 g/mol. The monoisotopic (exact) mass is 347 g/mol. The molecule has 5 heteroatoms. The summed E-state index contributed by atoms with van der Waals surface area (Å²) in [5.74, 6) is 0.423. The van der Waals surface area contributed by atoms with Gasteiger partial charge in [0, 0.05) is 6.54 Å². The Bertz CT molecular complexity index is 593. The minimum absolute atomic E-state index is 0.204. The standard InChI is InChI=1S/C20H29NO4/c1-14-9-10-15(2)18(11-14)24-13-19(22)25-16(3)20(23)21-12-17-7-5-4-6-8-17/h9-11,16-17H,4-8,12-13H2,1-3H3,(H,21,23). The van der Waals surface area contributed by atoms with Crippen LogP contribution in [0.2, 0.25) is 0 Å². The number of hydrogen-bond donors (Lipinski definition) is 1. The quantitative estimate of drug-likeness (QED) is 0.769. The van der Waals surface area contributed by atoms with E-state index in [-0.39, 0.29) is 12.5 Å². The lowest BCUT2D eigenvalue weighted by atomic mass is 9.89. The normalized spacial score (nSPS) is 16.1. The van der Waals surface area contributed by atoms with Crippen molar-refractivity contribution < 1.29 is 19.1 Å². The summed E-state index contributed by atoms with van der Waals surface area (Å²) in [6.45, 7) is 5.93. The fraction of sp³-hybridized carbons (Fsp3) is 0.600. The van der Waals surface area contributed by atoms with Gasteiger partial charge in [-0.05, 0) is 56.7 Å². The second kappa shape index (κ2) is 9.44. The number of esters is 1. The fourth-order valence-corrected chi connectivity index (χ4v) is 3.06. The molecule has 0 bridgehead atoms. The number of rotatable bonds is 7. The minimum Gasteiger partial charge on any atom is -0.482 e. The molecular formula is C20H29NO4. The molecule has 2 rings (SSSR count). The molecule has 1 aliphatic carbocycles. The summed E-state index contributed by atoms with van der Waals surface area (Å²) in [5.41, 5.74) is 2.01. The molecule has 0 saturated heterocycles. The number of ether oxygens (including phenoxy) is 2. The maximum Gasteiger partial charge on any atom is 0.344 e. The van der Waals surface area contributed by atoms with Gasteiger partial charge in [-0.1, -0.05) is 31.4 Å². The Morgan fingerprint density at radius 1 is 1.20 bits per heavy atom. The Hall–Kier alpha value is -2.04. The van der Waals surface area contributed by atoms with Crippen LogP contribution < -0.4 is 10.1 Å². The molecule has 0 aromatic heterocycles. The Kier molecular flexibility index (Phi) is 7.29. The molecule has 1 fully saturated rings. The lowest BCUT2D eigenvalue weighted by molar-refractivity contribution is -0.156. The number of hydrogen-bond acceptors (Lipinski definition) is 4. The molecule has 1 aromatic rings. The molecule has 0 heterocycles. The van der Waals surface area contributed by atoms with Crippen molar-refractivity contribution in [1.29, 1.82) is 0 Å². The van der Waals surface area contributed by atoms with Crippen LogP contribution in [0.25, 0.3) is 0 Å². The third-order valence-corrected chi connectivity index (χ3v) is 4.66. The van der Waals surface area contributed by atoms with Crippen LogP contribution in [0.3, 0.4) is 0 Å². The largest absolute Gasteiger partial charge is 0.482 e. The van der Waals surface area contributed by atoms with Gasteiger partial charge in [-0.15, -0.1) is 0 Å². The van der Waals surface area contributed by atoms with Gasteiger partial charge in [0.25, 0.3) is 5.91 Å². The summed E-state index contributed by atoms with van der Waals surface area (Å²) in [4.78, 5) is 24.0. The van der Waals surface area contributed by atoms with Crippen LogP contribution in [0.15, 0.2) is 18.2 Å². The van der Waals surface area contributed by atoms with E-state index in [1.54, 1.807) is 6.92 Å². The molecular weight excluding hydrogens is 318 g/mol. The van der Waals surface area contributed by atoms with Crippen LogP contribution in [-0.2, 0) is 14.3 Å². The summed E-state index contributed by atoms with van der Waals surface area (Å²) in [6, 6.07) is 5.81. The predicted molar refractivity (Wildman–Crippen MR) is 96.5 cm³/mol. The first-order chi connectivity index (χ1) is 12.0. The molecule has 138 valence electrons. The molecule has 1 atom stereocenters. The third-order valence-electron chi connectivity index (χ3n) is 4.66. The smallest absolute Gasteiger partial charge is 0.344 e. The number of carbonyl (C=O) groups is 2. The van der Waals surface area contributed by atoms with Gasteiger partial charge in [0.2, 0.25) is 0 Å². The molecule has 0 aliphatic heterocycles. The van der Waals surface area contributed by atoms with Crippen molar-refractivity contribution in [2.45, 2.75) is 59.0 Å². The Morgan fingerprint density at radius 3 is 2.64 bits per heavy atom. The van der Waals surface area contributed by atoms with Gasteiger partial charge in [0.05, 0.1) is 0 Å². The van der Waals surface area contributed by atoms with Gasteiger partial charge in [-0.25, -0.2) is 4.79 Å². The average Bonchev–Trinajstić information content (AvgIpc) is 2.61. The maximum absolute atomic E-state index is 12.1. The highest BCUT2D eigenvalue weighted by Gasteiger charge is 2.20. The summed E-state index contributed by atoms with van der Waals surface area (Å²) < 4.78 is 10.7. The Morgan fingerprint density at radius 2 is 1.92 bits per heavy atom. The number of nitrogens with one attached hydrogen (secondary N) is 1. The van der Waals surface area contributed by atoms with Crippen molar-refractivity contribution in [3.8, 4) is 5.75 Å².